The standard InChI is InChI=1S/C13H16ClN5O2/c1-7-2-3-8(5-19(7)13(20)21)18-12-10-9(14)4-15-11(10)16-6-17-12/h4,6-8H,2-3,5H2,1H3,(H,20,21)(H2,15,16,17,18)/t7-,8+/m0/s1. The number of anilines is 1. The predicted molar refractivity (Wildman–Crippen MR) is 79.7 cm³/mol. The molecule has 0 aliphatic carbocycles. The molecule has 1 amide bonds. The van der Waals surface area contributed by atoms with Gasteiger partial charge in [-0.2, -0.15) is 0 Å². The zero-order valence-electron chi connectivity index (χ0n) is 11.5. The minimum Gasteiger partial charge on any atom is -0.465 e. The monoisotopic (exact) mass is 309 g/mol. The quantitative estimate of drug-likeness (QED) is 0.792. The second-order valence-corrected chi connectivity index (χ2v) is 5.69. The van der Waals surface area contributed by atoms with Gasteiger partial charge in [-0.05, 0) is 19.8 Å². The van der Waals surface area contributed by atoms with Crippen molar-refractivity contribution in [3.8, 4) is 0 Å². The second-order valence-electron chi connectivity index (χ2n) is 5.29. The number of carboxylic acid groups (broad SMARTS) is 1. The number of hydrogen-bond acceptors (Lipinski definition) is 4. The molecular weight excluding hydrogens is 294 g/mol. The van der Waals surface area contributed by atoms with Crippen molar-refractivity contribution in [2.75, 3.05) is 11.9 Å². The van der Waals surface area contributed by atoms with Gasteiger partial charge in [-0.15, -0.1) is 0 Å². The van der Waals surface area contributed by atoms with E-state index in [1.54, 1.807) is 6.20 Å². The van der Waals surface area contributed by atoms with Gasteiger partial charge < -0.3 is 20.3 Å². The molecule has 1 saturated heterocycles. The smallest absolute Gasteiger partial charge is 0.407 e. The van der Waals surface area contributed by atoms with Gasteiger partial charge in [0, 0.05) is 24.8 Å². The first-order valence-corrected chi connectivity index (χ1v) is 7.17. The van der Waals surface area contributed by atoms with Crippen molar-refractivity contribution in [1.82, 2.24) is 19.9 Å². The highest BCUT2D eigenvalue weighted by atomic mass is 35.5. The minimum atomic E-state index is -0.887. The van der Waals surface area contributed by atoms with Crippen LogP contribution in [-0.4, -0.2) is 49.7 Å². The fourth-order valence-electron chi connectivity index (χ4n) is 2.72. The number of amides is 1. The van der Waals surface area contributed by atoms with Crippen LogP contribution in [0.25, 0.3) is 11.0 Å². The SMILES string of the molecule is C[C@H]1CC[C@@H](Nc2ncnc3[nH]cc(Cl)c23)CN1C(=O)O. The Balaban J connectivity index is 1.82. The third kappa shape index (κ3) is 2.61. The summed E-state index contributed by atoms with van der Waals surface area (Å²) in [7, 11) is 0. The predicted octanol–water partition coefficient (Wildman–Crippen LogP) is 2.55. The van der Waals surface area contributed by atoms with E-state index in [0.717, 1.165) is 18.2 Å². The molecule has 1 aliphatic rings. The third-order valence-corrected chi connectivity index (χ3v) is 4.19. The number of halogens is 1. The molecule has 0 spiro atoms. The molecule has 0 bridgehead atoms. The third-order valence-electron chi connectivity index (χ3n) is 3.89. The molecular formula is C13H16ClN5O2. The summed E-state index contributed by atoms with van der Waals surface area (Å²) in [6, 6.07) is 0.0585. The van der Waals surface area contributed by atoms with E-state index in [-0.39, 0.29) is 12.1 Å². The van der Waals surface area contributed by atoms with Gasteiger partial charge in [0.2, 0.25) is 0 Å². The average Bonchev–Trinajstić information content (AvgIpc) is 2.83. The van der Waals surface area contributed by atoms with Gasteiger partial charge in [-0.1, -0.05) is 11.6 Å². The molecule has 0 saturated carbocycles. The Morgan fingerprint density at radius 2 is 2.33 bits per heavy atom. The Hall–Kier alpha value is -2.02. The van der Waals surface area contributed by atoms with Crippen molar-refractivity contribution in [1.29, 1.82) is 0 Å². The van der Waals surface area contributed by atoms with E-state index >= 15 is 0 Å². The molecule has 7 nitrogen and oxygen atoms in total. The van der Waals surface area contributed by atoms with E-state index in [2.05, 4.69) is 20.3 Å². The fraction of sp³-hybridized carbons (Fsp3) is 0.462. The summed E-state index contributed by atoms with van der Waals surface area (Å²) in [6.07, 6.45) is 3.94. The number of aromatic amines is 1. The van der Waals surface area contributed by atoms with Gasteiger partial charge in [0.1, 0.15) is 17.8 Å². The van der Waals surface area contributed by atoms with Crippen LogP contribution in [0, 0.1) is 0 Å². The van der Waals surface area contributed by atoms with Gasteiger partial charge in [0.25, 0.3) is 0 Å². The maximum absolute atomic E-state index is 11.2. The van der Waals surface area contributed by atoms with Gasteiger partial charge >= 0.3 is 6.09 Å². The zero-order chi connectivity index (χ0) is 15.0. The van der Waals surface area contributed by atoms with E-state index in [1.807, 2.05) is 6.92 Å². The first-order valence-electron chi connectivity index (χ1n) is 6.80. The number of hydrogen-bond donors (Lipinski definition) is 3. The van der Waals surface area contributed by atoms with Crippen LogP contribution in [0.5, 0.6) is 0 Å². The first kappa shape index (κ1) is 13.9. The lowest BCUT2D eigenvalue weighted by molar-refractivity contribution is 0.108. The molecule has 8 heteroatoms. The fourth-order valence-corrected chi connectivity index (χ4v) is 2.95. The van der Waals surface area contributed by atoms with Crippen LogP contribution < -0.4 is 5.32 Å². The molecule has 3 N–H and O–H groups in total. The van der Waals surface area contributed by atoms with Crippen molar-refractivity contribution in [3.05, 3.63) is 17.5 Å². The number of likely N-dealkylation sites (tertiary alicyclic amines) is 1. The van der Waals surface area contributed by atoms with Gasteiger partial charge in [-0.3, -0.25) is 0 Å². The lowest BCUT2D eigenvalue weighted by Crippen LogP contribution is -2.49. The molecule has 1 fully saturated rings. The van der Waals surface area contributed by atoms with Crippen molar-refractivity contribution in [2.45, 2.75) is 31.8 Å². The molecule has 112 valence electrons. The molecule has 1 aliphatic heterocycles. The second kappa shape index (κ2) is 5.40. The zero-order valence-corrected chi connectivity index (χ0v) is 12.3. The molecule has 2 aromatic rings. The van der Waals surface area contributed by atoms with Gasteiger partial charge in [0.05, 0.1) is 10.4 Å². The molecule has 3 heterocycles. The van der Waals surface area contributed by atoms with E-state index in [4.69, 9.17) is 11.6 Å². The molecule has 0 aromatic carbocycles. The Bertz CT molecular complexity index is 674. The van der Waals surface area contributed by atoms with Crippen LogP contribution >= 0.6 is 11.6 Å². The van der Waals surface area contributed by atoms with Gasteiger partial charge in [-0.25, -0.2) is 14.8 Å². The van der Waals surface area contributed by atoms with Gasteiger partial charge in [0.15, 0.2) is 0 Å². The maximum atomic E-state index is 11.2. The van der Waals surface area contributed by atoms with Crippen molar-refractivity contribution >= 4 is 34.5 Å². The Morgan fingerprint density at radius 1 is 1.52 bits per heavy atom. The summed E-state index contributed by atoms with van der Waals surface area (Å²) in [5.74, 6) is 0.635. The minimum absolute atomic E-state index is 0.0152. The highest BCUT2D eigenvalue weighted by Crippen LogP contribution is 2.29. The number of rotatable bonds is 2. The molecule has 0 unspecified atom stereocenters. The summed E-state index contributed by atoms with van der Waals surface area (Å²) in [5.41, 5.74) is 0.664. The molecule has 21 heavy (non-hydrogen) atoms. The summed E-state index contributed by atoms with van der Waals surface area (Å²) < 4.78 is 0. The number of aromatic nitrogens is 3. The molecule has 2 atom stereocenters. The van der Waals surface area contributed by atoms with Crippen LogP contribution in [0.4, 0.5) is 10.6 Å². The van der Waals surface area contributed by atoms with Crippen LogP contribution in [-0.2, 0) is 0 Å². The summed E-state index contributed by atoms with van der Waals surface area (Å²) >= 11 is 6.14. The Morgan fingerprint density at radius 3 is 3.10 bits per heavy atom. The summed E-state index contributed by atoms with van der Waals surface area (Å²) in [4.78, 5) is 24.0. The molecule has 0 radical (unpaired) electrons. The highest BCUT2D eigenvalue weighted by molar-refractivity contribution is 6.36. The van der Waals surface area contributed by atoms with Crippen molar-refractivity contribution in [2.24, 2.45) is 0 Å². The van der Waals surface area contributed by atoms with E-state index in [1.165, 1.54) is 11.2 Å². The van der Waals surface area contributed by atoms with Crippen LogP contribution in [0.3, 0.4) is 0 Å². The van der Waals surface area contributed by atoms with Crippen molar-refractivity contribution < 1.29 is 9.90 Å². The largest absolute Gasteiger partial charge is 0.465 e. The lowest BCUT2D eigenvalue weighted by atomic mass is 10.00. The molecule has 2 aromatic heterocycles. The normalized spacial score (nSPS) is 22.5. The number of nitrogens with zero attached hydrogens (tertiary/aromatic N) is 3. The van der Waals surface area contributed by atoms with E-state index in [0.29, 0.717) is 23.0 Å². The average molecular weight is 310 g/mol. The lowest BCUT2D eigenvalue weighted by Gasteiger charge is -2.36. The van der Waals surface area contributed by atoms with E-state index in [9.17, 15) is 9.90 Å². The Labute approximate surface area is 126 Å². The number of piperidine rings is 1. The first-order chi connectivity index (χ1) is 10.1. The number of carbonyl (C=O) groups is 1. The summed E-state index contributed by atoms with van der Waals surface area (Å²) in [5, 5.41) is 13.8. The van der Waals surface area contributed by atoms with Crippen molar-refractivity contribution in [3.63, 3.8) is 0 Å². The molecule has 3 rings (SSSR count). The van der Waals surface area contributed by atoms with Crippen LogP contribution in [0.2, 0.25) is 5.02 Å². The maximum Gasteiger partial charge on any atom is 0.407 e. The highest BCUT2D eigenvalue weighted by Gasteiger charge is 2.29. The number of nitrogens with one attached hydrogen (secondary N) is 2. The number of fused-ring (bicyclic) bond motifs is 1. The topological polar surface area (TPSA) is 94.1 Å². The Kier molecular flexibility index (Phi) is 3.59. The number of H-pyrrole nitrogens is 1. The van der Waals surface area contributed by atoms with E-state index < -0.39 is 6.09 Å². The van der Waals surface area contributed by atoms with Crippen LogP contribution in [0.15, 0.2) is 12.5 Å². The summed E-state index contributed by atoms with van der Waals surface area (Å²) in [6.45, 7) is 2.36. The van der Waals surface area contributed by atoms with Crippen LogP contribution in [0.1, 0.15) is 19.8 Å².